The van der Waals surface area contributed by atoms with Crippen molar-refractivity contribution in [2.24, 2.45) is 5.73 Å². The molecule has 4 nitrogen and oxygen atoms in total. The normalized spacial score (nSPS) is 14.6. The zero-order valence-electron chi connectivity index (χ0n) is 11.3. The van der Waals surface area contributed by atoms with Crippen molar-refractivity contribution >= 4 is 5.69 Å². The van der Waals surface area contributed by atoms with Gasteiger partial charge in [-0.3, -0.25) is 0 Å². The summed E-state index contributed by atoms with van der Waals surface area (Å²) in [5.74, 6) is -0.300. The van der Waals surface area contributed by atoms with Gasteiger partial charge < -0.3 is 20.1 Å². The maximum Gasteiger partial charge on any atom is 0.180 e. The van der Waals surface area contributed by atoms with Crippen molar-refractivity contribution in [1.82, 2.24) is 0 Å². The van der Waals surface area contributed by atoms with Crippen LogP contribution in [0.3, 0.4) is 0 Å². The number of hydrogen-bond acceptors (Lipinski definition) is 4. The van der Waals surface area contributed by atoms with E-state index in [9.17, 15) is 4.39 Å². The average molecular weight is 256 g/mol. The highest BCUT2D eigenvalue weighted by atomic mass is 19.1. The van der Waals surface area contributed by atoms with Crippen molar-refractivity contribution in [3.05, 3.63) is 30.1 Å². The second-order valence-corrected chi connectivity index (χ2v) is 4.38. The molecular formula is C13H21FN2O2. The second-order valence-electron chi connectivity index (χ2n) is 4.38. The van der Waals surface area contributed by atoms with Gasteiger partial charge in [-0.05, 0) is 19.1 Å². The maximum absolute atomic E-state index is 13.8. The average Bonchev–Trinajstić information content (AvgIpc) is 2.39. The van der Waals surface area contributed by atoms with Crippen LogP contribution in [0.1, 0.15) is 6.92 Å². The van der Waals surface area contributed by atoms with E-state index < -0.39 is 11.8 Å². The monoisotopic (exact) mass is 256 g/mol. The number of likely N-dealkylation sites (N-methyl/N-ethyl adjacent to an activating group) is 1. The van der Waals surface area contributed by atoms with Crippen LogP contribution in [0.5, 0.6) is 0 Å². The van der Waals surface area contributed by atoms with Crippen molar-refractivity contribution < 1.29 is 13.9 Å². The molecule has 0 aliphatic rings. The molecule has 0 radical (unpaired) electrons. The molecule has 102 valence electrons. The van der Waals surface area contributed by atoms with Gasteiger partial charge in [0.25, 0.3) is 0 Å². The van der Waals surface area contributed by atoms with Gasteiger partial charge in [0.1, 0.15) is 11.4 Å². The van der Waals surface area contributed by atoms with Crippen molar-refractivity contribution in [3.63, 3.8) is 0 Å². The summed E-state index contributed by atoms with van der Waals surface area (Å²) in [5.41, 5.74) is 5.62. The molecule has 18 heavy (non-hydrogen) atoms. The molecule has 0 heterocycles. The summed E-state index contributed by atoms with van der Waals surface area (Å²) in [6.07, 6.45) is -0.549. The first-order valence-corrected chi connectivity index (χ1v) is 5.75. The first-order valence-electron chi connectivity index (χ1n) is 5.75. The molecule has 0 saturated heterocycles. The van der Waals surface area contributed by atoms with E-state index in [1.165, 1.54) is 20.3 Å². The van der Waals surface area contributed by atoms with E-state index in [0.717, 1.165) is 0 Å². The third kappa shape index (κ3) is 2.63. The zero-order valence-corrected chi connectivity index (χ0v) is 11.3. The number of hydrogen-bond donors (Lipinski definition) is 1. The minimum absolute atomic E-state index is 0.268. The summed E-state index contributed by atoms with van der Waals surface area (Å²) in [4.78, 5) is 1.75. The first-order chi connectivity index (χ1) is 8.51. The summed E-state index contributed by atoms with van der Waals surface area (Å²) in [6.45, 7) is 2.14. The Bertz CT molecular complexity index is 385. The Morgan fingerprint density at radius 3 is 2.33 bits per heavy atom. The fourth-order valence-electron chi connectivity index (χ4n) is 1.99. The van der Waals surface area contributed by atoms with Crippen LogP contribution in [-0.4, -0.2) is 39.6 Å². The van der Waals surface area contributed by atoms with E-state index in [1.807, 2.05) is 6.92 Å². The van der Waals surface area contributed by atoms with Gasteiger partial charge in [0.05, 0.1) is 5.69 Å². The fraction of sp³-hybridized carbons (Fsp3) is 0.538. The van der Waals surface area contributed by atoms with Crippen molar-refractivity contribution in [3.8, 4) is 0 Å². The van der Waals surface area contributed by atoms with Crippen LogP contribution < -0.4 is 10.6 Å². The van der Waals surface area contributed by atoms with Crippen LogP contribution in [0, 0.1) is 5.82 Å². The lowest BCUT2D eigenvalue weighted by Crippen LogP contribution is -2.59. The van der Waals surface area contributed by atoms with Gasteiger partial charge in [-0.1, -0.05) is 12.1 Å². The van der Waals surface area contributed by atoms with Gasteiger partial charge >= 0.3 is 0 Å². The highest BCUT2D eigenvalue weighted by Gasteiger charge is 2.38. The molecule has 0 aromatic heterocycles. The Balaban J connectivity index is 3.12. The lowest BCUT2D eigenvalue weighted by Gasteiger charge is -2.43. The van der Waals surface area contributed by atoms with Gasteiger partial charge in [-0.25, -0.2) is 4.39 Å². The third-order valence-corrected chi connectivity index (χ3v) is 3.33. The first kappa shape index (κ1) is 14.9. The number of anilines is 1. The molecular weight excluding hydrogens is 235 g/mol. The van der Waals surface area contributed by atoms with Crippen molar-refractivity contribution in [2.75, 3.05) is 32.7 Å². The van der Waals surface area contributed by atoms with Gasteiger partial charge in [-0.2, -0.15) is 0 Å². The number of nitrogens with zero attached hydrogens (tertiary/aromatic N) is 1. The molecule has 1 aromatic rings. The molecule has 1 atom stereocenters. The summed E-state index contributed by atoms with van der Waals surface area (Å²) in [5, 5.41) is 0. The number of halogens is 1. The van der Waals surface area contributed by atoms with Crippen LogP contribution in [0.25, 0.3) is 0 Å². The Labute approximate surface area is 107 Å². The van der Waals surface area contributed by atoms with E-state index >= 15 is 0 Å². The highest BCUT2D eigenvalue weighted by molar-refractivity contribution is 5.49. The third-order valence-electron chi connectivity index (χ3n) is 3.33. The fourth-order valence-corrected chi connectivity index (χ4v) is 1.99. The molecule has 0 fully saturated rings. The van der Waals surface area contributed by atoms with Gasteiger partial charge in [0, 0.05) is 27.8 Å². The number of benzene rings is 1. The lowest BCUT2D eigenvalue weighted by atomic mass is 9.98. The molecule has 1 unspecified atom stereocenters. The molecule has 0 amide bonds. The number of nitrogens with two attached hydrogens (primary N) is 1. The minimum atomic E-state index is -0.661. The maximum atomic E-state index is 13.8. The Morgan fingerprint density at radius 1 is 1.33 bits per heavy atom. The van der Waals surface area contributed by atoms with E-state index in [-0.39, 0.29) is 12.4 Å². The van der Waals surface area contributed by atoms with E-state index in [2.05, 4.69) is 0 Å². The van der Waals surface area contributed by atoms with Gasteiger partial charge in [0.2, 0.25) is 0 Å². The molecule has 0 saturated carbocycles. The van der Waals surface area contributed by atoms with Crippen LogP contribution in [-0.2, 0) is 9.47 Å². The molecule has 2 N–H and O–H groups in total. The summed E-state index contributed by atoms with van der Waals surface area (Å²) < 4.78 is 24.4. The topological polar surface area (TPSA) is 47.7 Å². The number of methoxy groups -OCH3 is 2. The predicted molar refractivity (Wildman–Crippen MR) is 70.1 cm³/mol. The minimum Gasteiger partial charge on any atom is -0.360 e. The van der Waals surface area contributed by atoms with Crippen LogP contribution in [0.4, 0.5) is 10.1 Å². The van der Waals surface area contributed by atoms with E-state index in [0.29, 0.717) is 5.69 Å². The summed E-state index contributed by atoms with van der Waals surface area (Å²) >= 11 is 0. The molecule has 1 rings (SSSR count). The molecule has 0 spiro atoms. The highest BCUT2D eigenvalue weighted by Crippen LogP contribution is 2.28. The Morgan fingerprint density at radius 2 is 1.89 bits per heavy atom. The Kier molecular flexibility index (Phi) is 5.07. The molecule has 1 aromatic carbocycles. The zero-order chi connectivity index (χ0) is 13.8. The smallest absolute Gasteiger partial charge is 0.180 e. The lowest BCUT2D eigenvalue weighted by molar-refractivity contribution is -0.140. The molecule has 5 heteroatoms. The molecule has 0 aliphatic carbocycles. The SMILES string of the molecule is COC(OC)C(C)(CN)N(C)c1ccccc1F. The number of ether oxygens (including phenoxy) is 2. The number of rotatable bonds is 6. The Hall–Kier alpha value is -1.17. The van der Waals surface area contributed by atoms with Crippen LogP contribution in [0.15, 0.2) is 24.3 Å². The van der Waals surface area contributed by atoms with Gasteiger partial charge in [-0.15, -0.1) is 0 Å². The van der Waals surface area contributed by atoms with Crippen molar-refractivity contribution in [2.45, 2.75) is 18.8 Å². The van der Waals surface area contributed by atoms with E-state index in [4.69, 9.17) is 15.2 Å². The molecule has 0 bridgehead atoms. The van der Waals surface area contributed by atoms with Gasteiger partial charge in [0.15, 0.2) is 6.29 Å². The summed E-state index contributed by atoms with van der Waals surface area (Å²) in [7, 11) is 4.85. The quantitative estimate of drug-likeness (QED) is 0.785. The van der Waals surface area contributed by atoms with Crippen LogP contribution in [0.2, 0.25) is 0 Å². The standard InChI is InChI=1S/C13H21FN2O2/c1-13(9-15,12(17-3)18-4)16(2)11-8-6-5-7-10(11)14/h5-8,12H,9,15H2,1-4H3. The van der Waals surface area contributed by atoms with Crippen LogP contribution >= 0.6 is 0 Å². The largest absolute Gasteiger partial charge is 0.360 e. The van der Waals surface area contributed by atoms with Crippen molar-refractivity contribution in [1.29, 1.82) is 0 Å². The predicted octanol–water partition coefficient (Wildman–Crippen LogP) is 1.60. The summed E-state index contributed by atoms with van der Waals surface area (Å²) in [6, 6.07) is 6.54. The second kappa shape index (κ2) is 6.13. The van der Waals surface area contributed by atoms with E-state index in [1.54, 1.807) is 30.1 Å². The molecule has 0 aliphatic heterocycles. The number of para-hydroxylation sites is 1.